The lowest BCUT2D eigenvalue weighted by molar-refractivity contribution is -0.194. The fourth-order valence-electron chi connectivity index (χ4n) is 3.46. The summed E-state index contributed by atoms with van der Waals surface area (Å²) in [5, 5.41) is 39.8. The highest BCUT2D eigenvalue weighted by atomic mass is 16.6. The number of Topliss-reactive ketones (excluding diaryl/α,β-unsaturated/α-hetero) is 1. The number of ketones is 1. The highest BCUT2D eigenvalue weighted by Crippen LogP contribution is 2.23. The predicted octanol–water partition coefficient (Wildman–Crippen LogP) is 3.05. The first-order valence-corrected chi connectivity index (χ1v) is 11.7. The molecular weight excluding hydrogens is 388 g/mol. The summed E-state index contributed by atoms with van der Waals surface area (Å²) in [5.41, 5.74) is -2.43. The molecule has 0 aliphatic rings. The zero-order chi connectivity index (χ0) is 22.8. The Balaban J connectivity index is 4.75. The normalized spacial score (nSPS) is 15.4. The molecule has 0 fully saturated rings. The first kappa shape index (κ1) is 29.0. The van der Waals surface area contributed by atoms with Gasteiger partial charge in [0, 0.05) is 12.8 Å². The van der Waals surface area contributed by atoms with Gasteiger partial charge in [0.15, 0.2) is 17.5 Å². The molecule has 0 unspecified atom stereocenters. The Kier molecular flexibility index (Phi) is 17.0. The topological polar surface area (TPSA) is 124 Å². The van der Waals surface area contributed by atoms with Gasteiger partial charge in [-0.15, -0.1) is 0 Å². The van der Waals surface area contributed by atoms with Gasteiger partial charge in [0.1, 0.15) is 6.10 Å². The second kappa shape index (κ2) is 17.6. The highest BCUT2D eigenvalue weighted by molar-refractivity contribution is 5.88. The highest BCUT2D eigenvalue weighted by Gasteiger charge is 2.48. The van der Waals surface area contributed by atoms with Gasteiger partial charge in [0.05, 0.1) is 13.2 Å². The molecule has 0 rings (SSSR count). The minimum absolute atomic E-state index is 0.00676. The molecule has 3 atom stereocenters. The van der Waals surface area contributed by atoms with Crippen molar-refractivity contribution in [1.82, 2.24) is 0 Å². The number of carbonyl (C=O) groups excluding carboxylic acids is 2. The maximum atomic E-state index is 12.6. The van der Waals surface area contributed by atoms with E-state index in [0.29, 0.717) is 12.8 Å². The van der Waals surface area contributed by atoms with Gasteiger partial charge in [0.25, 0.3) is 0 Å². The first-order chi connectivity index (χ1) is 14.4. The van der Waals surface area contributed by atoms with E-state index in [4.69, 9.17) is 4.74 Å². The van der Waals surface area contributed by atoms with Crippen LogP contribution in [0.1, 0.15) is 104 Å². The van der Waals surface area contributed by atoms with Crippen LogP contribution in [0.25, 0.3) is 0 Å². The number of carbonyl (C=O) groups is 2. The molecular formula is C23H44O7. The van der Waals surface area contributed by atoms with Crippen LogP contribution in [-0.4, -0.2) is 63.2 Å². The van der Waals surface area contributed by atoms with Crippen LogP contribution in [0.2, 0.25) is 0 Å². The first-order valence-electron chi connectivity index (χ1n) is 11.7. The Bertz CT molecular complexity index is 455. The summed E-state index contributed by atoms with van der Waals surface area (Å²) in [5.74, 6) is -1.35. The molecule has 0 radical (unpaired) electrons. The van der Waals surface area contributed by atoms with Crippen LogP contribution in [-0.2, 0) is 14.3 Å². The third-order valence-electron chi connectivity index (χ3n) is 5.48. The van der Waals surface area contributed by atoms with E-state index in [0.717, 1.165) is 64.2 Å². The number of rotatable bonds is 20. The van der Waals surface area contributed by atoms with Crippen LogP contribution in [0.15, 0.2) is 0 Å². The molecule has 4 N–H and O–H groups in total. The molecule has 30 heavy (non-hydrogen) atoms. The lowest BCUT2D eigenvalue weighted by Crippen LogP contribution is -2.59. The predicted molar refractivity (Wildman–Crippen MR) is 116 cm³/mol. The molecule has 0 saturated carbocycles. The van der Waals surface area contributed by atoms with Crippen molar-refractivity contribution in [3.63, 3.8) is 0 Å². The van der Waals surface area contributed by atoms with Crippen molar-refractivity contribution in [2.75, 3.05) is 13.2 Å². The number of ether oxygens (including phenoxy) is 1. The van der Waals surface area contributed by atoms with E-state index in [-0.39, 0.29) is 12.8 Å². The van der Waals surface area contributed by atoms with E-state index in [9.17, 15) is 30.0 Å². The Morgan fingerprint density at radius 2 is 1.27 bits per heavy atom. The summed E-state index contributed by atoms with van der Waals surface area (Å²) in [7, 11) is 0. The molecule has 0 aliphatic carbocycles. The molecule has 0 bridgehead atoms. The number of aliphatic hydroxyl groups excluding tert-OH is 3. The van der Waals surface area contributed by atoms with Gasteiger partial charge in [-0.05, 0) is 12.8 Å². The summed E-state index contributed by atoms with van der Waals surface area (Å²) < 4.78 is 5.19. The molecule has 0 aromatic heterocycles. The Labute approximate surface area is 181 Å². The number of aliphatic hydroxyl groups is 4. The molecule has 0 saturated heterocycles. The molecule has 0 aromatic rings. The monoisotopic (exact) mass is 432 g/mol. The smallest absolute Gasteiger partial charge is 0.306 e. The number of unbranched alkanes of at least 4 members (excludes halogenated alkanes) is 10. The SMILES string of the molecule is CCCCCCCCC(=O)O[C@@H]([C@H](O)CO)[C@@](O)(CO)C(=O)CCCCCCCC. The largest absolute Gasteiger partial charge is 0.456 e. The quantitative estimate of drug-likeness (QED) is 0.172. The van der Waals surface area contributed by atoms with Crippen LogP contribution in [0.3, 0.4) is 0 Å². The molecule has 0 spiro atoms. The molecule has 0 heterocycles. The standard InChI is InChI=1S/C23H44O7/c1-3-5-7-9-11-13-15-20(27)23(29,18-25)22(19(26)17-24)30-21(28)16-14-12-10-8-6-4-2/h19,22,24-26,29H,3-18H2,1-2H3/t19-,22+,23-/m1/s1. The summed E-state index contributed by atoms with van der Waals surface area (Å²) in [6.07, 6.45) is 8.28. The van der Waals surface area contributed by atoms with E-state index in [1.807, 2.05) is 0 Å². The van der Waals surface area contributed by atoms with E-state index in [2.05, 4.69) is 13.8 Å². The lowest BCUT2D eigenvalue weighted by atomic mass is 9.86. The van der Waals surface area contributed by atoms with E-state index in [1.165, 1.54) is 0 Å². The van der Waals surface area contributed by atoms with Crippen molar-refractivity contribution in [1.29, 1.82) is 0 Å². The minimum atomic E-state index is -2.43. The van der Waals surface area contributed by atoms with Crippen molar-refractivity contribution >= 4 is 11.8 Å². The Morgan fingerprint density at radius 3 is 1.73 bits per heavy atom. The van der Waals surface area contributed by atoms with Crippen molar-refractivity contribution in [3.8, 4) is 0 Å². The van der Waals surface area contributed by atoms with Crippen molar-refractivity contribution in [2.45, 2.75) is 122 Å². The van der Waals surface area contributed by atoms with Crippen molar-refractivity contribution < 1.29 is 34.8 Å². The van der Waals surface area contributed by atoms with E-state index < -0.39 is 42.8 Å². The third-order valence-corrected chi connectivity index (χ3v) is 5.48. The third kappa shape index (κ3) is 11.4. The molecule has 0 amide bonds. The lowest BCUT2D eigenvalue weighted by Gasteiger charge is -2.35. The van der Waals surface area contributed by atoms with E-state index in [1.54, 1.807) is 0 Å². The molecule has 0 aliphatic heterocycles. The average molecular weight is 433 g/mol. The maximum absolute atomic E-state index is 12.6. The van der Waals surface area contributed by atoms with Crippen LogP contribution >= 0.6 is 0 Å². The number of hydrogen-bond donors (Lipinski definition) is 4. The summed E-state index contributed by atoms with van der Waals surface area (Å²) in [6.45, 7) is 2.44. The van der Waals surface area contributed by atoms with Gasteiger partial charge in [-0.3, -0.25) is 9.59 Å². The second-order valence-electron chi connectivity index (χ2n) is 8.20. The van der Waals surface area contributed by atoms with Crippen LogP contribution in [0.5, 0.6) is 0 Å². The van der Waals surface area contributed by atoms with Gasteiger partial charge in [0.2, 0.25) is 0 Å². The fourth-order valence-corrected chi connectivity index (χ4v) is 3.46. The molecule has 7 heteroatoms. The number of hydrogen-bond acceptors (Lipinski definition) is 7. The van der Waals surface area contributed by atoms with Crippen LogP contribution in [0.4, 0.5) is 0 Å². The van der Waals surface area contributed by atoms with Gasteiger partial charge in [-0.1, -0.05) is 78.1 Å². The van der Waals surface area contributed by atoms with Gasteiger partial charge < -0.3 is 25.2 Å². The minimum Gasteiger partial charge on any atom is -0.456 e. The maximum Gasteiger partial charge on any atom is 0.306 e. The van der Waals surface area contributed by atoms with Gasteiger partial charge in [-0.25, -0.2) is 0 Å². The van der Waals surface area contributed by atoms with Crippen molar-refractivity contribution in [2.24, 2.45) is 0 Å². The Morgan fingerprint density at radius 1 is 0.800 bits per heavy atom. The summed E-state index contributed by atoms with van der Waals surface area (Å²) in [4.78, 5) is 24.8. The summed E-state index contributed by atoms with van der Waals surface area (Å²) in [6, 6.07) is 0. The molecule has 7 nitrogen and oxygen atoms in total. The van der Waals surface area contributed by atoms with Crippen LogP contribution < -0.4 is 0 Å². The molecule has 178 valence electrons. The average Bonchev–Trinajstić information content (AvgIpc) is 2.75. The fraction of sp³-hybridized carbons (Fsp3) is 0.913. The van der Waals surface area contributed by atoms with Gasteiger partial charge in [-0.2, -0.15) is 0 Å². The van der Waals surface area contributed by atoms with E-state index >= 15 is 0 Å². The summed E-state index contributed by atoms with van der Waals surface area (Å²) >= 11 is 0. The van der Waals surface area contributed by atoms with Gasteiger partial charge >= 0.3 is 5.97 Å². The second-order valence-corrected chi connectivity index (χ2v) is 8.20. The zero-order valence-corrected chi connectivity index (χ0v) is 19.0. The zero-order valence-electron chi connectivity index (χ0n) is 19.0. The van der Waals surface area contributed by atoms with Crippen molar-refractivity contribution in [3.05, 3.63) is 0 Å². The van der Waals surface area contributed by atoms with Crippen LogP contribution in [0, 0.1) is 0 Å². The Hall–Kier alpha value is -1.02. The molecule has 0 aromatic carbocycles. The number of esters is 1.